The molecule has 0 radical (unpaired) electrons. The molecule has 0 fully saturated rings. The number of hydrogen-bond donors (Lipinski definition) is 3. The monoisotopic (exact) mass is 452 g/mol. The number of carbonyl (C=O) groups excluding carboxylic acids is 2. The van der Waals surface area contributed by atoms with Gasteiger partial charge in [-0.15, -0.1) is 0 Å². The number of amides is 2. The molecule has 7 nitrogen and oxygen atoms in total. The van der Waals surface area contributed by atoms with Gasteiger partial charge in [0.25, 0.3) is 11.8 Å². The van der Waals surface area contributed by atoms with Gasteiger partial charge in [-0.25, -0.2) is 4.68 Å². The summed E-state index contributed by atoms with van der Waals surface area (Å²) in [7, 11) is 0. The number of rotatable bonds is 6. The molecule has 3 rings (SSSR count). The molecule has 3 aromatic rings. The lowest BCUT2D eigenvalue weighted by molar-refractivity contribution is -0.143. The highest BCUT2D eigenvalue weighted by molar-refractivity contribution is 6.30. The third kappa shape index (κ3) is 5.15. The number of phenolic OH excluding ortho intramolecular Hbond substituents is 1. The van der Waals surface area contributed by atoms with Gasteiger partial charge in [-0.2, -0.15) is 18.3 Å². The number of nitrogens with zero attached hydrogens (tertiary/aromatic N) is 2. The highest BCUT2D eigenvalue weighted by atomic mass is 35.5. The van der Waals surface area contributed by atoms with Crippen LogP contribution in [0, 0.1) is 0 Å². The summed E-state index contributed by atoms with van der Waals surface area (Å²) in [6.45, 7) is -0.208. The number of phenols is 1. The van der Waals surface area contributed by atoms with Crippen LogP contribution in [0.5, 0.6) is 5.75 Å². The second-order valence-electron chi connectivity index (χ2n) is 6.33. The second-order valence-corrected chi connectivity index (χ2v) is 6.76. The van der Waals surface area contributed by atoms with Crippen LogP contribution >= 0.6 is 11.6 Å². The van der Waals surface area contributed by atoms with Crippen molar-refractivity contribution in [3.05, 3.63) is 76.6 Å². The van der Waals surface area contributed by atoms with Crippen LogP contribution in [0.1, 0.15) is 26.4 Å². The quantitative estimate of drug-likeness (QED) is 0.499. The Hall–Kier alpha value is -3.53. The van der Waals surface area contributed by atoms with E-state index in [1.807, 2.05) is 0 Å². The highest BCUT2D eigenvalue weighted by Crippen LogP contribution is 2.34. The Bertz CT molecular complexity index is 1120. The van der Waals surface area contributed by atoms with E-state index < -0.39 is 29.2 Å². The molecule has 0 unspecified atom stereocenters. The van der Waals surface area contributed by atoms with E-state index in [0.29, 0.717) is 4.68 Å². The van der Waals surface area contributed by atoms with E-state index in [2.05, 4.69) is 15.7 Å². The van der Waals surface area contributed by atoms with Gasteiger partial charge in [0, 0.05) is 18.1 Å². The van der Waals surface area contributed by atoms with Crippen molar-refractivity contribution in [2.45, 2.75) is 6.18 Å². The summed E-state index contributed by atoms with van der Waals surface area (Å²) in [6.07, 6.45) is -4.04. The topological polar surface area (TPSA) is 96.3 Å². The van der Waals surface area contributed by atoms with Gasteiger partial charge in [-0.1, -0.05) is 29.8 Å². The van der Waals surface area contributed by atoms with Crippen molar-refractivity contribution in [1.29, 1.82) is 0 Å². The minimum atomic E-state index is -4.86. The van der Waals surface area contributed by atoms with Gasteiger partial charge in [-0.3, -0.25) is 9.59 Å². The van der Waals surface area contributed by atoms with Crippen LogP contribution in [0.15, 0.2) is 54.7 Å². The van der Waals surface area contributed by atoms with Crippen LogP contribution in [-0.4, -0.2) is 39.8 Å². The fraction of sp³-hybridized carbons (Fsp3) is 0.150. The third-order valence-electron chi connectivity index (χ3n) is 4.18. The summed E-state index contributed by atoms with van der Waals surface area (Å²) in [4.78, 5) is 24.3. The van der Waals surface area contributed by atoms with E-state index in [4.69, 9.17) is 11.6 Å². The molecule has 3 N–H and O–H groups in total. The van der Waals surface area contributed by atoms with Crippen molar-refractivity contribution in [3.8, 4) is 11.4 Å². The summed E-state index contributed by atoms with van der Waals surface area (Å²) in [6, 6.07) is 11.5. The van der Waals surface area contributed by atoms with Crippen LogP contribution in [0.2, 0.25) is 5.02 Å². The number of aromatic nitrogens is 2. The number of halogens is 4. The maximum absolute atomic E-state index is 13.7. The lowest BCUT2D eigenvalue weighted by Gasteiger charge is -2.13. The zero-order valence-corrected chi connectivity index (χ0v) is 16.5. The van der Waals surface area contributed by atoms with Crippen LogP contribution < -0.4 is 10.6 Å². The Balaban J connectivity index is 1.69. The van der Waals surface area contributed by atoms with Gasteiger partial charge in [0.1, 0.15) is 5.75 Å². The molecule has 0 atom stereocenters. The van der Waals surface area contributed by atoms with Gasteiger partial charge in [-0.05, 0) is 30.3 Å². The maximum Gasteiger partial charge on any atom is 0.434 e. The number of hydrogen-bond acceptors (Lipinski definition) is 4. The molecule has 0 saturated carbocycles. The van der Waals surface area contributed by atoms with Gasteiger partial charge in [0.05, 0.1) is 23.0 Å². The smallest absolute Gasteiger partial charge is 0.434 e. The molecule has 162 valence electrons. The van der Waals surface area contributed by atoms with E-state index in [1.54, 1.807) is 12.1 Å². The zero-order chi connectivity index (χ0) is 22.6. The number of benzene rings is 2. The van der Waals surface area contributed by atoms with Crippen LogP contribution in [0.25, 0.3) is 5.69 Å². The fourth-order valence-corrected chi connectivity index (χ4v) is 2.98. The average molecular weight is 453 g/mol. The molecule has 0 saturated heterocycles. The summed E-state index contributed by atoms with van der Waals surface area (Å²) in [5.74, 6) is -1.80. The summed E-state index contributed by atoms with van der Waals surface area (Å²) in [5, 5.41) is 18.3. The summed E-state index contributed by atoms with van der Waals surface area (Å²) in [5.41, 5.74) is -1.82. The van der Waals surface area contributed by atoms with Gasteiger partial charge >= 0.3 is 6.18 Å². The first-order valence-corrected chi connectivity index (χ1v) is 9.32. The first-order valence-electron chi connectivity index (χ1n) is 8.94. The van der Waals surface area contributed by atoms with Crippen molar-refractivity contribution in [2.24, 2.45) is 0 Å². The van der Waals surface area contributed by atoms with E-state index in [0.717, 1.165) is 6.20 Å². The molecule has 0 aliphatic carbocycles. The number of aromatic hydroxyl groups is 1. The molecule has 0 bridgehead atoms. The van der Waals surface area contributed by atoms with E-state index in [-0.39, 0.29) is 35.1 Å². The number of carbonyl (C=O) groups is 2. The lowest BCUT2D eigenvalue weighted by Crippen LogP contribution is -2.35. The Labute approximate surface area is 179 Å². The third-order valence-corrected chi connectivity index (χ3v) is 4.42. The molecule has 0 aliphatic rings. The van der Waals surface area contributed by atoms with E-state index in [9.17, 15) is 27.9 Å². The minimum absolute atomic E-state index is 0.0379. The predicted molar refractivity (Wildman–Crippen MR) is 106 cm³/mol. The van der Waals surface area contributed by atoms with Crippen LogP contribution in [-0.2, 0) is 6.18 Å². The number of para-hydroxylation sites is 1. The molecule has 2 aromatic carbocycles. The number of alkyl halides is 3. The molecule has 2 amide bonds. The summed E-state index contributed by atoms with van der Waals surface area (Å²) >= 11 is 5.84. The van der Waals surface area contributed by atoms with Crippen molar-refractivity contribution in [3.63, 3.8) is 0 Å². The van der Waals surface area contributed by atoms with Crippen molar-refractivity contribution >= 4 is 23.4 Å². The van der Waals surface area contributed by atoms with Gasteiger partial charge in [0.15, 0.2) is 5.69 Å². The lowest BCUT2D eigenvalue weighted by atomic mass is 10.2. The van der Waals surface area contributed by atoms with Gasteiger partial charge < -0.3 is 15.7 Å². The van der Waals surface area contributed by atoms with E-state index in [1.165, 1.54) is 36.4 Å². The Kier molecular flexibility index (Phi) is 6.50. The Morgan fingerprint density at radius 2 is 1.65 bits per heavy atom. The second kappa shape index (κ2) is 9.09. The predicted octanol–water partition coefficient (Wildman–Crippen LogP) is 3.41. The van der Waals surface area contributed by atoms with Crippen LogP contribution in [0.3, 0.4) is 0 Å². The fourth-order valence-electron chi connectivity index (χ4n) is 2.80. The molecular formula is C20H16ClF3N4O3. The largest absolute Gasteiger partial charge is 0.507 e. The van der Waals surface area contributed by atoms with Crippen LogP contribution in [0.4, 0.5) is 13.2 Å². The standard InChI is InChI=1S/C20H16ClF3N4O3/c21-12-4-3-5-13(10-12)28-17(20(22,23)24)15(11-27-28)19(31)26-9-8-25-18(30)14-6-1-2-7-16(14)29/h1-7,10-11,29H,8-9H2,(H,25,30)(H,26,31). The molecule has 11 heteroatoms. The Morgan fingerprint density at radius 3 is 2.26 bits per heavy atom. The SMILES string of the molecule is O=C(NCCNC(=O)c1cnn(-c2cccc(Cl)c2)c1C(F)(F)F)c1ccccc1O. The van der Waals surface area contributed by atoms with Crippen molar-refractivity contribution in [2.75, 3.05) is 13.1 Å². The summed E-state index contributed by atoms with van der Waals surface area (Å²) < 4.78 is 41.6. The molecule has 0 aliphatic heterocycles. The minimum Gasteiger partial charge on any atom is -0.507 e. The Morgan fingerprint density at radius 1 is 1.00 bits per heavy atom. The first-order chi connectivity index (χ1) is 14.7. The van der Waals surface area contributed by atoms with Gasteiger partial charge in [0.2, 0.25) is 0 Å². The number of nitrogens with one attached hydrogen (secondary N) is 2. The average Bonchev–Trinajstić information content (AvgIpc) is 3.17. The molecule has 1 aromatic heterocycles. The first kappa shape index (κ1) is 22.2. The molecular weight excluding hydrogens is 437 g/mol. The molecule has 31 heavy (non-hydrogen) atoms. The van der Waals surface area contributed by atoms with Crippen molar-refractivity contribution in [1.82, 2.24) is 20.4 Å². The molecule has 1 heterocycles. The van der Waals surface area contributed by atoms with Crippen molar-refractivity contribution < 1.29 is 27.9 Å². The maximum atomic E-state index is 13.7. The zero-order valence-electron chi connectivity index (χ0n) is 15.8. The van der Waals surface area contributed by atoms with E-state index >= 15 is 0 Å². The molecule has 0 spiro atoms. The highest BCUT2D eigenvalue weighted by Gasteiger charge is 2.40. The normalized spacial score (nSPS) is 11.2.